The molecule has 7 nitrogen and oxygen atoms in total. The molecule has 4 aromatic carbocycles. The number of carbonyl (C=O) groups excluding carboxylic acids is 2. The molecule has 0 aliphatic rings. The molecule has 0 saturated heterocycles. The third kappa shape index (κ3) is 9.04. The molecule has 0 aliphatic carbocycles. The standard InChI is InChI=1S/C35H36Cl3N3O4S/c1-4-25(3)39-35(43)33(20-26-8-6-5-7-9-26)40(22-27-12-13-29(37)21-32(27)38)34(42)23-41(30-16-14-28(36)15-17-30)46(44,45)31-18-10-24(2)11-19-31/h5-19,21,25,33H,4,20,22-23H2,1-3H3,(H,39,43)/t25-,33-/m0/s1. The van der Waals surface area contributed by atoms with Crippen molar-refractivity contribution in [2.24, 2.45) is 0 Å². The van der Waals surface area contributed by atoms with Gasteiger partial charge in [0.25, 0.3) is 10.0 Å². The van der Waals surface area contributed by atoms with Crippen LogP contribution in [0.15, 0.2) is 102 Å². The van der Waals surface area contributed by atoms with Crippen molar-refractivity contribution in [1.82, 2.24) is 10.2 Å². The van der Waals surface area contributed by atoms with Crippen LogP contribution in [0.2, 0.25) is 15.1 Å². The number of aryl methyl sites for hydroxylation is 1. The van der Waals surface area contributed by atoms with Gasteiger partial charge in [0.2, 0.25) is 11.8 Å². The molecule has 0 radical (unpaired) electrons. The van der Waals surface area contributed by atoms with Crippen molar-refractivity contribution in [2.75, 3.05) is 10.8 Å². The van der Waals surface area contributed by atoms with Crippen molar-refractivity contribution in [3.63, 3.8) is 0 Å². The number of hydrogen-bond acceptors (Lipinski definition) is 4. The normalized spacial score (nSPS) is 12.7. The average molecular weight is 701 g/mol. The molecule has 2 atom stereocenters. The number of carbonyl (C=O) groups is 2. The zero-order valence-corrected chi connectivity index (χ0v) is 28.9. The lowest BCUT2D eigenvalue weighted by Crippen LogP contribution is -2.54. The SMILES string of the molecule is CC[C@H](C)NC(=O)[C@H](Cc1ccccc1)N(Cc1ccc(Cl)cc1Cl)C(=O)CN(c1ccc(Cl)cc1)S(=O)(=O)c1ccc(C)cc1. The van der Waals surface area contributed by atoms with E-state index in [4.69, 9.17) is 34.8 Å². The first-order valence-electron chi connectivity index (χ1n) is 14.8. The summed E-state index contributed by atoms with van der Waals surface area (Å²) in [6.07, 6.45) is 0.867. The fraction of sp³-hybridized carbons (Fsp3) is 0.257. The number of halogens is 3. The van der Waals surface area contributed by atoms with E-state index >= 15 is 0 Å². The van der Waals surface area contributed by atoms with Gasteiger partial charge in [-0.15, -0.1) is 0 Å². The number of nitrogens with zero attached hydrogens (tertiary/aromatic N) is 2. The first-order valence-corrected chi connectivity index (χ1v) is 17.4. The Balaban J connectivity index is 1.82. The summed E-state index contributed by atoms with van der Waals surface area (Å²) < 4.78 is 29.3. The molecule has 0 unspecified atom stereocenters. The Morgan fingerprint density at radius 2 is 1.48 bits per heavy atom. The van der Waals surface area contributed by atoms with Crippen LogP contribution in [0.5, 0.6) is 0 Å². The minimum atomic E-state index is -4.23. The molecule has 0 fully saturated rings. The van der Waals surface area contributed by atoms with E-state index in [0.717, 1.165) is 15.4 Å². The summed E-state index contributed by atoms with van der Waals surface area (Å²) in [6.45, 7) is 5.03. The van der Waals surface area contributed by atoms with Gasteiger partial charge in [0.05, 0.1) is 10.6 Å². The Bertz CT molecular complexity index is 1750. The van der Waals surface area contributed by atoms with Crippen LogP contribution in [0.4, 0.5) is 5.69 Å². The Morgan fingerprint density at radius 1 is 0.848 bits per heavy atom. The Labute approximate surface area is 286 Å². The van der Waals surface area contributed by atoms with Crippen LogP contribution in [0.3, 0.4) is 0 Å². The lowest BCUT2D eigenvalue weighted by Gasteiger charge is -2.34. The minimum absolute atomic E-state index is 0.0171. The molecule has 242 valence electrons. The fourth-order valence-electron chi connectivity index (χ4n) is 4.80. The maximum atomic E-state index is 14.5. The maximum absolute atomic E-state index is 14.5. The van der Waals surface area contributed by atoms with Gasteiger partial charge >= 0.3 is 0 Å². The molecule has 46 heavy (non-hydrogen) atoms. The second-order valence-corrected chi connectivity index (χ2v) is 14.2. The van der Waals surface area contributed by atoms with Crippen molar-refractivity contribution in [2.45, 2.75) is 57.1 Å². The van der Waals surface area contributed by atoms with Crippen LogP contribution < -0.4 is 9.62 Å². The highest BCUT2D eigenvalue weighted by atomic mass is 35.5. The number of hydrogen-bond donors (Lipinski definition) is 1. The molecular weight excluding hydrogens is 665 g/mol. The molecular formula is C35H36Cl3N3O4S. The highest BCUT2D eigenvalue weighted by molar-refractivity contribution is 7.92. The topological polar surface area (TPSA) is 86.8 Å². The van der Waals surface area contributed by atoms with Crippen LogP contribution in [0.25, 0.3) is 0 Å². The van der Waals surface area contributed by atoms with Crippen molar-refractivity contribution in [1.29, 1.82) is 0 Å². The first kappa shape index (κ1) is 35.3. The molecule has 0 aliphatic heterocycles. The Kier molecular flexibility index (Phi) is 12.1. The summed E-state index contributed by atoms with van der Waals surface area (Å²) in [6, 6.07) is 25.7. The molecule has 1 N–H and O–H groups in total. The van der Waals surface area contributed by atoms with E-state index in [0.29, 0.717) is 27.1 Å². The van der Waals surface area contributed by atoms with E-state index in [2.05, 4.69) is 5.32 Å². The second kappa shape index (κ2) is 15.8. The molecule has 0 aromatic heterocycles. The van der Waals surface area contributed by atoms with E-state index < -0.39 is 28.5 Å². The van der Waals surface area contributed by atoms with Gasteiger partial charge in [0.15, 0.2) is 0 Å². The number of amides is 2. The van der Waals surface area contributed by atoms with Crippen LogP contribution in [0.1, 0.15) is 37.0 Å². The number of nitrogens with one attached hydrogen (secondary N) is 1. The molecule has 0 saturated carbocycles. The fourth-order valence-corrected chi connectivity index (χ4v) is 6.81. The first-order chi connectivity index (χ1) is 21.9. The molecule has 4 aromatic rings. The van der Waals surface area contributed by atoms with E-state index in [1.165, 1.54) is 17.0 Å². The van der Waals surface area contributed by atoms with Crippen molar-refractivity contribution in [3.8, 4) is 0 Å². The van der Waals surface area contributed by atoms with E-state index in [-0.39, 0.29) is 35.5 Å². The third-order valence-electron chi connectivity index (χ3n) is 7.63. The highest BCUT2D eigenvalue weighted by Gasteiger charge is 2.35. The van der Waals surface area contributed by atoms with Crippen LogP contribution in [-0.2, 0) is 32.6 Å². The van der Waals surface area contributed by atoms with E-state index in [1.54, 1.807) is 54.6 Å². The molecule has 4 rings (SSSR count). The van der Waals surface area contributed by atoms with Crippen LogP contribution >= 0.6 is 34.8 Å². The van der Waals surface area contributed by atoms with Crippen LogP contribution in [-0.4, -0.2) is 43.8 Å². The molecule has 11 heteroatoms. The minimum Gasteiger partial charge on any atom is -0.352 e. The summed E-state index contributed by atoms with van der Waals surface area (Å²) in [4.78, 5) is 29.9. The monoisotopic (exact) mass is 699 g/mol. The van der Waals surface area contributed by atoms with Gasteiger partial charge < -0.3 is 10.2 Å². The van der Waals surface area contributed by atoms with E-state index in [9.17, 15) is 18.0 Å². The average Bonchev–Trinajstić information content (AvgIpc) is 3.03. The predicted octanol–water partition coefficient (Wildman–Crippen LogP) is 7.71. The van der Waals surface area contributed by atoms with Crippen molar-refractivity contribution < 1.29 is 18.0 Å². The summed E-state index contributed by atoms with van der Waals surface area (Å²) >= 11 is 18.9. The summed E-state index contributed by atoms with van der Waals surface area (Å²) in [7, 11) is -4.23. The molecule has 0 heterocycles. The van der Waals surface area contributed by atoms with Gasteiger partial charge in [-0.3, -0.25) is 13.9 Å². The highest BCUT2D eigenvalue weighted by Crippen LogP contribution is 2.28. The van der Waals surface area contributed by atoms with Crippen molar-refractivity contribution in [3.05, 3.63) is 129 Å². The number of benzene rings is 4. The van der Waals surface area contributed by atoms with Gasteiger partial charge in [-0.1, -0.05) is 95.8 Å². The van der Waals surface area contributed by atoms with Crippen molar-refractivity contribution >= 4 is 62.3 Å². The lowest BCUT2D eigenvalue weighted by molar-refractivity contribution is -0.140. The zero-order valence-electron chi connectivity index (χ0n) is 25.8. The number of anilines is 1. The lowest BCUT2D eigenvalue weighted by atomic mass is 10.0. The van der Waals surface area contributed by atoms with Crippen LogP contribution in [0, 0.1) is 6.92 Å². The summed E-state index contributed by atoms with van der Waals surface area (Å²) in [5.74, 6) is -0.965. The van der Waals surface area contributed by atoms with Gasteiger partial charge in [0, 0.05) is 34.1 Å². The smallest absolute Gasteiger partial charge is 0.264 e. The van der Waals surface area contributed by atoms with E-state index in [1.807, 2.05) is 51.1 Å². The van der Waals surface area contributed by atoms with Gasteiger partial charge in [-0.2, -0.15) is 0 Å². The number of sulfonamides is 1. The van der Waals surface area contributed by atoms with Gasteiger partial charge in [0.1, 0.15) is 12.6 Å². The third-order valence-corrected chi connectivity index (χ3v) is 10.3. The zero-order chi connectivity index (χ0) is 33.4. The summed E-state index contributed by atoms with van der Waals surface area (Å²) in [5, 5.41) is 4.15. The van der Waals surface area contributed by atoms with Gasteiger partial charge in [-0.05, 0) is 79.9 Å². The number of rotatable bonds is 13. The molecule has 0 bridgehead atoms. The largest absolute Gasteiger partial charge is 0.352 e. The predicted molar refractivity (Wildman–Crippen MR) is 186 cm³/mol. The van der Waals surface area contributed by atoms with Gasteiger partial charge in [-0.25, -0.2) is 8.42 Å². The Morgan fingerprint density at radius 3 is 2.09 bits per heavy atom. The molecule has 2 amide bonds. The maximum Gasteiger partial charge on any atom is 0.264 e. The Hall–Kier alpha value is -3.56. The summed E-state index contributed by atoms with van der Waals surface area (Å²) in [5.41, 5.74) is 2.50. The molecule has 0 spiro atoms. The quantitative estimate of drug-likeness (QED) is 0.155. The second-order valence-electron chi connectivity index (χ2n) is 11.1.